The Balaban J connectivity index is 1.74. The first-order valence-corrected chi connectivity index (χ1v) is 10.4. The van der Waals surface area contributed by atoms with Crippen molar-refractivity contribution < 1.29 is 12.9 Å². The number of nitrogens with zero attached hydrogens (tertiary/aromatic N) is 3. The van der Waals surface area contributed by atoms with E-state index in [0.717, 1.165) is 12.8 Å². The van der Waals surface area contributed by atoms with E-state index in [9.17, 15) is 8.42 Å². The molecule has 1 fully saturated rings. The van der Waals surface area contributed by atoms with Gasteiger partial charge < -0.3 is 9.84 Å². The molecular formula is C18H26N4O3S. The van der Waals surface area contributed by atoms with Crippen molar-refractivity contribution in [1.29, 1.82) is 0 Å². The average molecular weight is 378 g/mol. The maximum absolute atomic E-state index is 12.8. The Kier molecular flexibility index (Phi) is 5.74. The van der Waals surface area contributed by atoms with Gasteiger partial charge in [-0.3, -0.25) is 0 Å². The molecule has 8 heteroatoms. The van der Waals surface area contributed by atoms with Crippen LogP contribution in [0.2, 0.25) is 0 Å². The predicted octanol–water partition coefficient (Wildman–Crippen LogP) is 2.31. The molecule has 1 saturated heterocycles. The lowest BCUT2D eigenvalue weighted by Crippen LogP contribution is -2.37. The molecule has 2 aromatic rings. The van der Waals surface area contributed by atoms with Crippen molar-refractivity contribution >= 4 is 10.0 Å². The van der Waals surface area contributed by atoms with Crippen LogP contribution in [0.5, 0.6) is 0 Å². The van der Waals surface area contributed by atoms with Crippen LogP contribution in [-0.4, -0.2) is 49.0 Å². The van der Waals surface area contributed by atoms with E-state index < -0.39 is 10.0 Å². The summed E-state index contributed by atoms with van der Waals surface area (Å²) < 4.78 is 32.4. The Labute approximate surface area is 154 Å². The Morgan fingerprint density at radius 2 is 1.92 bits per heavy atom. The van der Waals surface area contributed by atoms with E-state index in [0.29, 0.717) is 47.6 Å². The molecule has 1 atom stereocenters. The van der Waals surface area contributed by atoms with Crippen LogP contribution < -0.4 is 5.32 Å². The van der Waals surface area contributed by atoms with Gasteiger partial charge in [0.2, 0.25) is 10.0 Å². The lowest BCUT2D eigenvalue weighted by atomic mass is 10.0. The maximum atomic E-state index is 12.8. The normalized spacial score (nSPS) is 18.1. The summed E-state index contributed by atoms with van der Waals surface area (Å²) in [4.78, 5) is 4.69. The van der Waals surface area contributed by atoms with Crippen molar-refractivity contribution in [2.45, 2.75) is 44.0 Å². The van der Waals surface area contributed by atoms with E-state index in [2.05, 4.69) is 22.4 Å². The fourth-order valence-corrected chi connectivity index (χ4v) is 4.44. The van der Waals surface area contributed by atoms with Gasteiger partial charge in [-0.05, 0) is 57.0 Å². The SMILES string of the molecule is CNC(C)Cc1noc(-c2ccc(S(=O)(=O)N3CCC(C)CC3)cc2)n1. The molecule has 1 aliphatic rings. The molecule has 7 nitrogen and oxygen atoms in total. The average Bonchev–Trinajstić information content (AvgIpc) is 3.10. The largest absolute Gasteiger partial charge is 0.334 e. The van der Waals surface area contributed by atoms with Crippen LogP contribution in [0.3, 0.4) is 0 Å². The summed E-state index contributed by atoms with van der Waals surface area (Å²) in [6, 6.07) is 6.92. The van der Waals surface area contributed by atoms with Crippen molar-refractivity contribution in [1.82, 2.24) is 19.8 Å². The number of hydrogen-bond donors (Lipinski definition) is 1. The lowest BCUT2D eigenvalue weighted by Gasteiger charge is -2.29. The van der Waals surface area contributed by atoms with Crippen LogP contribution >= 0.6 is 0 Å². The van der Waals surface area contributed by atoms with E-state index in [-0.39, 0.29) is 6.04 Å². The molecule has 26 heavy (non-hydrogen) atoms. The smallest absolute Gasteiger partial charge is 0.257 e. The fraction of sp³-hybridized carbons (Fsp3) is 0.556. The summed E-state index contributed by atoms with van der Waals surface area (Å²) in [7, 11) is -1.56. The molecule has 142 valence electrons. The number of hydrogen-bond acceptors (Lipinski definition) is 6. The molecule has 1 aromatic carbocycles. The third-order valence-corrected chi connectivity index (χ3v) is 6.84. The standard InChI is InChI=1S/C18H26N4O3S/c1-13-8-10-22(11-9-13)26(23,24)16-6-4-15(5-7-16)18-20-17(21-25-18)12-14(2)19-3/h4-7,13-14,19H,8-12H2,1-3H3. The van der Waals surface area contributed by atoms with E-state index in [1.807, 2.05) is 14.0 Å². The summed E-state index contributed by atoms with van der Waals surface area (Å²) in [5.74, 6) is 1.61. The van der Waals surface area contributed by atoms with Gasteiger partial charge in [-0.1, -0.05) is 12.1 Å². The quantitative estimate of drug-likeness (QED) is 0.830. The number of likely N-dealkylation sites (N-methyl/N-ethyl adjacent to an activating group) is 1. The highest BCUT2D eigenvalue weighted by Crippen LogP contribution is 2.25. The van der Waals surface area contributed by atoms with Crippen LogP contribution in [0.4, 0.5) is 0 Å². The first kappa shape index (κ1) is 19.0. The molecule has 2 heterocycles. The summed E-state index contributed by atoms with van der Waals surface area (Å²) in [6.07, 6.45) is 2.49. The topological polar surface area (TPSA) is 88.3 Å². The van der Waals surface area contributed by atoms with Crippen molar-refractivity contribution in [3.05, 3.63) is 30.1 Å². The van der Waals surface area contributed by atoms with Gasteiger partial charge in [0, 0.05) is 31.1 Å². The molecule has 0 spiro atoms. The molecule has 0 saturated carbocycles. The first-order valence-electron chi connectivity index (χ1n) is 9.00. The zero-order valence-corrected chi connectivity index (χ0v) is 16.3. The lowest BCUT2D eigenvalue weighted by molar-refractivity contribution is 0.288. The van der Waals surface area contributed by atoms with Crippen molar-refractivity contribution in [3.8, 4) is 11.5 Å². The summed E-state index contributed by atoms with van der Waals surface area (Å²) in [5, 5.41) is 7.11. The van der Waals surface area contributed by atoms with Gasteiger partial charge in [-0.2, -0.15) is 9.29 Å². The van der Waals surface area contributed by atoms with Crippen molar-refractivity contribution in [3.63, 3.8) is 0 Å². The summed E-state index contributed by atoms with van der Waals surface area (Å²) in [6.45, 7) is 5.37. The Hall–Kier alpha value is -1.77. The number of nitrogens with one attached hydrogen (secondary N) is 1. The molecule has 0 radical (unpaired) electrons. The second kappa shape index (κ2) is 7.85. The van der Waals surface area contributed by atoms with Crippen LogP contribution in [-0.2, 0) is 16.4 Å². The van der Waals surface area contributed by atoms with Gasteiger partial charge in [0.05, 0.1) is 4.90 Å². The fourth-order valence-electron chi connectivity index (χ4n) is 2.97. The molecule has 1 N–H and O–H groups in total. The molecule has 1 aromatic heterocycles. The monoisotopic (exact) mass is 378 g/mol. The molecule has 1 unspecified atom stereocenters. The first-order chi connectivity index (χ1) is 12.4. The Morgan fingerprint density at radius 3 is 2.54 bits per heavy atom. The van der Waals surface area contributed by atoms with Gasteiger partial charge in [0.1, 0.15) is 0 Å². The summed E-state index contributed by atoms with van der Waals surface area (Å²) in [5.41, 5.74) is 0.715. The van der Waals surface area contributed by atoms with E-state index >= 15 is 0 Å². The molecule has 3 rings (SSSR count). The van der Waals surface area contributed by atoms with Gasteiger partial charge in [-0.15, -0.1) is 0 Å². The molecule has 0 aliphatic carbocycles. The number of aromatic nitrogens is 2. The maximum Gasteiger partial charge on any atom is 0.257 e. The number of piperidine rings is 1. The predicted molar refractivity (Wildman–Crippen MR) is 99.1 cm³/mol. The van der Waals surface area contributed by atoms with Crippen LogP contribution in [0.25, 0.3) is 11.5 Å². The number of sulfonamides is 1. The van der Waals surface area contributed by atoms with Gasteiger partial charge in [0.25, 0.3) is 5.89 Å². The molecular weight excluding hydrogens is 352 g/mol. The minimum Gasteiger partial charge on any atom is -0.334 e. The number of benzene rings is 1. The van der Waals surface area contributed by atoms with E-state index in [1.165, 1.54) is 0 Å². The molecule has 0 bridgehead atoms. The van der Waals surface area contributed by atoms with Crippen molar-refractivity contribution in [2.24, 2.45) is 5.92 Å². The van der Waals surface area contributed by atoms with Crippen LogP contribution in [0.15, 0.2) is 33.7 Å². The zero-order chi connectivity index (χ0) is 18.7. The highest BCUT2D eigenvalue weighted by Gasteiger charge is 2.28. The van der Waals surface area contributed by atoms with E-state index in [1.54, 1.807) is 28.6 Å². The third-order valence-electron chi connectivity index (χ3n) is 4.93. The van der Waals surface area contributed by atoms with Gasteiger partial charge in [0.15, 0.2) is 5.82 Å². The third kappa shape index (κ3) is 4.13. The van der Waals surface area contributed by atoms with Crippen LogP contribution in [0, 0.1) is 5.92 Å². The van der Waals surface area contributed by atoms with E-state index in [4.69, 9.17) is 4.52 Å². The van der Waals surface area contributed by atoms with Crippen molar-refractivity contribution in [2.75, 3.05) is 20.1 Å². The second-order valence-corrected chi connectivity index (χ2v) is 8.96. The minimum atomic E-state index is -3.44. The Bertz CT molecular complexity index is 824. The minimum absolute atomic E-state index is 0.250. The number of rotatable bonds is 6. The molecule has 1 aliphatic heterocycles. The Morgan fingerprint density at radius 1 is 1.27 bits per heavy atom. The highest BCUT2D eigenvalue weighted by molar-refractivity contribution is 7.89. The zero-order valence-electron chi connectivity index (χ0n) is 15.5. The second-order valence-electron chi connectivity index (χ2n) is 7.02. The van der Waals surface area contributed by atoms with Gasteiger partial charge >= 0.3 is 0 Å². The van der Waals surface area contributed by atoms with Crippen LogP contribution in [0.1, 0.15) is 32.5 Å². The van der Waals surface area contributed by atoms with Gasteiger partial charge in [-0.25, -0.2) is 8.42 Å². The highest BCUT2D eigenvalue weighted by atomic mass is 32.2. The summed E-state index contributed by atoms with van der Waals surface area (Å²) >= 11 is 0. The molecule has 0 amide bonds.